The summed E-state index contributed by atoms with van der Waals surface area (Å²) in [6.07, 6.45) is 3.97. The number of aromatic nitrogens is 1. The highest BCUT2D eigenvalue weighted by Crippen LogP contribution is 2.35. The molecule has 0 saturated carbocycles. The molecule has 2 amide bonds. The molecule has 0 aliphatic carbocycles. The Morgan fingerprint density at radius 1 is 0.939 bits per heavy atom. The highest BCUT2D eigenvalue weighted by Gasteiger charge is 2.32. The zero-order valence-corrected chi connectivity index (χ0v) is 28.4. The van der Waals surface area contributed by atoms with E-state index in [-0.39, 0.29) is 29.8 Å². The fourth-order valence-electron chi connectivity index (χ4n) is 7.30. The van der Waals surface area contributed by atoms with E-state index in [1.54, 1.807) is 13.0 Å². The summed E-state index contributed by atoms with van der Waals surface area (Å²) in [6, 6.07) is 21.6. The molecule has 0 bridgehead atoms. The van der Waals surface area contributed by atoms with Crippen molar-refractivity contribution < 1.29 is 29.0 Å². The van der Waals surface area contributed by atoms with Gasteiger partial charge < -0.3 is 28.9 Å². The van der Waals surface area contributed by atoms with Crippen molar-refractivity contribution in [1.29, 1.82) is 0 Å². The second-order valence-corrected chi connectivity index (χ2v) is 13.6. The molecule has 1 fully saturated rings. The molecule has 0 radical (unpaired) electrons. The number of amides is 2. The number of carboxylic acids is 1. The number of carboxylic acid groups (broad SMARTS) is 1. The van der Waals surface area contributed by atoms with E-state index >= 15 is 0 Å². The zero-order chi connectivity index (χ0) is 34.2. The lowest BCUT2D eigenvalue weighted by atomic mass is 9.89. The summed E-state index contributed by atoms with van der Waals surface area (Å²) in [4.78, 5) is 44.0. The van der Waals surface area contributed by atoms with E-state index in [0.29, 0.717) is 55.7 Å². The van der Waals surface area contributed by atoms with Gasteiger partial charge in [-0.25, -0.2) is 4.79 Å². The van der Waals surface area contributed by atoms with Gasteiger partial charge in [0.05, 0.1) is 24.7 Å². The number of aromatic carboxylic acids is 1. The maximum Gasteiger partial charge on any atom is 0.337 e. The summed E-state index contributed by atoms with van der Waals surface area (Å²) in [5.74, 6) is -0.280. The second kappa shape index (κ2) is 13.6. The van der Waals surface area contributed by atoms with Crippen LogP contribution in [0.25, 0.3) is 11.3 Å². The molecular formula is C40H43N3O6. The van der Waals surface area contributed by atoms with Crippen LogP contribution in [0.4, 0.5) is 0 Å². The predicted octanol–water partition coefficient (Wildman–Crippen LogP) is 5.97. The molecule has 1 N–H and O–H groups in total. The molecule has 3 aromatic carbocycles. The number of carbonyl (C=O) groups is 3. The quantitative estimate of drug-likeness (QED) is 0.237. The second-order valence-electron chi connectivity index (χ2n) is 13.6. The van der Waals surface area contributed by atoms with E-state index in [4.69, 9.17) is 9.47 Å². The third-order valence-electron chi connectivity index (χ3n) is 10.5. The van der Waals surface area contributed by atoms with Gasteiger partial charge in [-0.1, -0.05) is 36.4 Å². The zero-order valence-electron chi connectivity index (χ0n) is 28.4. The SMILES string of the molecule is Cc1c(C(=O)O)cc(-c2cc3c(cc2C(=O)N2Cc4ccccc4C[C@H]2C)CN(C(=O)Cc2ccc(OCCC4CCO4)cc2)CC3)n1C. The fourth-order valence-corrected chi connectivity index (χ4v) is 7.30. The molecular weight excluding hydrogens is 618 g/mol. The summed E-state index contributed by atoms with van der Waals surface area (Å²) in [6.45, 7) is 6.78. The Morgan fingerprint density at radius 2 is 1.69 bits per heavy atom. The molecule has 9 heteroatoms. The molecule has 4 heterocycles. The highest BCUT2D eigenvalue weighted by molar-refractivity contribution is 6.02. The Morgan fingerprint density at radius 3 is 2.39 bits per heavy atom. The van der Waals surface area contributed by atoms with Crippen LogP contribution in [0.1, 0.15) is 74.0 Å². The first-order chi connectivity index (χ1) is 23.7. The van der Waals surface area contributed by atoms with Gasteiger partial charge in [0.25, 0.3) is 5.91 Å². The van der Waals surface area contributed by atoms with Crippen LogP contribution in [0.2, 0.25) is 0 Å². The number of rotatable bonds is 9. The Kier molecular flexibility index (Phi) is 9.03. The predicted molar refractivity (Wildman–Crippen MR) is 186 cm³/mol. The minimum absolute atomic E-state index is 0.0114. The number of hydrogen-bond donors (Lipinski definition) is 1. The summed E-state index contributed by atoms with van der Waals surface area (Å²) in [5.41, 5.74) is 8.09. The van der Waals surface area contributed by atoms with Gasteiger partial charge >= 0.3 is 5.97 Å². The van der Waals surface area contributed by atoms with Crippen LogP contribution in [-0.4, -0.2) is 69.2 Å². The van der Waals surface area contributed by atoms with Crippen molar-refractivity contribution >= 4 is 17.8 Å². The van der Waals surface area contributed by atoms with Crippen molar-refractivity contribution in [2.45, 2.75) is 71.2 Å². The van der Waals surface area contributed by atoms with Crippen LogP contribution in [-0.2, 0) is 48.9 Å². The Balaban J connectivity index is 1.14. The Labute approximate surface area is 287 Å². The molecule has 254 valence electrons. The molecule has 1 saturated heterocycles. The minimum Gasteiger partial charge on any atom is -0.493 e. The third-order valence-corrected chi connectivity index (χ3v) is 10.5. The monoisotopic (exact) mass is 661 g/mol. The van der Waals surface area contributed by atoms with Crippen molar-refractivity contribution in [3.05, 3.63) is 111 Å². The molecule has 0 spiro atoms. The van der Waals surface area contributed by atoms with Crippen molar-refractivity contribution in [2.75, 3.05) is 19.8 Å². The molecule has 7 rings (SSSR count). The maximum absolute atomic E-state index is 14.5. The fraction of sp³-hybridized carbons (Fsp3) is 0.375. The summed E-state index contributed by atoms with van der Waals surface area (Å²) in [5, 5.41) is 9.88. The third kappa shape index (κ3) is 6.59. The van der Waals surface area contributed by atoms with E-state index in [0.717, 1.165) is 59.4 Å². The van der Waals surface area contributed by atoms with E-state index < -0.39 is 5.97 Å². The van der Waals surface area contributed by atoms with E-state index in [2.05, 4.69) is 19.1 Å². The van der Waals surface area contributed by atoms with Crippen molar-refractivity contribution in [3.63, 3.8) is 0 Å². The molecule has 3 aliphatic heterocycles. The Bertz CT molecular complexity index is 1910. The topological polar surface area (TPSA) is 101 Å². The van der Waals surface area contributed by atoms with Crippen LogP contribution in [0.15, 0.2) is 66.7 Å². The lowest BCUT2D eigenvalue weighted by Gasteiger charge is -2.36. The van der Waals surface area contributed by atoms with Crippen LogP contribution < -0.4 is 4.74 Å². The van der Waals surface area contributed by atoms with Gasteiger partial charge in [0.1, 0.15) is 5.75 Å². The van der Waals surface area contributed by atoms with E-state index in [9.17, 15) is 19.5 Å². The smallest absolute Gasteiger partial charge is 0.337 e. The number of hydrogen-bond acceptors (Lipinski definition) is 5. The number of ether oxygens (including phenoxy) is 2. The lowest BCUT2D eigenvalue weighted by Crippen LogP contribution is -2.43. The number of benzene rings is 3. The highest BCUT2D eigenvalue weighted by atomic mass is 16.5. The van der Waals surface area contributed by atoms with Crippen molar-refractivity contribution in [1.82, 2.24) is 14.4 Å². The largest absolute Gasteiger partial charge is 0.493 e. The van der Waals surface area contributed by atoms with E-state index in [1.165, 1.54) is 5.56 Å². The molecule has 1 unspecified atom stereocenters. The average molecular weight is 662 g/mol. The molecule has 9 nitrogen and oxygen atoms in total. The van der Waals surface area contributed by atoms with Crippen LogP contribution in [0.3, 0.4) is 0 Å². The van der Waals surface area contributed by atoms with Gasteiger partial charge in [-0.2, -0.15) is 0 Å². The van der Waals surface area contributed by atoms with Crippen molar-refractivity contribution in [2.24, 2.45) is 7.05 Å². The van der Waals surface area contributed by atoms with Crippen LogP contribution in [0, 0.1) is 6.92 Å². The van der Waals surface area contributed by atoms with Gasteiger partial charge in [-0.05, 0) is 91.3 Å². The van der Waals surface area contributed by atoms with Crippen LogP contribution in [0.5, 0.6) is 5.75 Å². The normalized spacial score (nSPS) is 18.3. The lowest BCUT2D eigenvalue weighted by molar-refractivity contribution is -0.131. The number of carbonyl (C=O) groups excluding carboxylic acids is 2. The molecule has 49 heavy (non-hydrogen) atoms. The van der Waals surface area contributed by atoms with Gasteiger partial charge in [0, 0.05) is 68.3 Å². The van der Waals surface area contributed by atoms with Crippen LogP contribution >= 0.6 is 0 Å². The minimum atomic E-state index is -0.998. The first kappa shape index (κ1) is 32.6. The Hall–Kier alpha value is -4.89. The average Bonchev–Trinajstić information content (AvgIpc) is 3.38. The summed E-state index contributed by atoms with van der Waals surface area (Å²) < 4.78 is 13.2. The molecule has 1 aromatic heterocycles. The van der Waals surface area contributed by atoms with E-state index in [1.807, 2.05) is 69.9 Å². The first-order valence-corrected chi connectivity index (χ1v) is 17.2. The maximum atomic E-state index is 14.5. The first-order valence-electron chi connectivity index (χ1n) is 17.2. The van der Waals surface area contributed by atoms with Gasteiger partial charge in [0.15, 0.2) is 0 Å². The number of nitrogens with zero attached hydrogens (tertiary/aromatic N) is 3. The molecule has 2 atom stereocenters. The summed E-state index contributed by atoms with van der Waals surface area (Å²) >= 11 is 0. The van der Waals surface area contributed by atoms with Gasteiger partial charge in [-0.15, -0.1) is 0 Å². The van der Waals surface area contributed by atoms with Crippen molar-refractivity contribution in [3.8, 4) is 17.0 Å². The number of fused-ring (bicyclic) bond motifs is 2. The standard InChI is InChI=1S/C40H43N3O6/c1-25-18-28-6-4-5-7-30(28)24-43(25)39(45)36-21-31-23-42(15-12-29(31)20-35(36)37-22-34(40(46)47)26(2)41(37)3)38(44)19-27-8-10-32(11-9-27)48-16-13-33-14-17-49-33/h4-11,20-22,25,33H,12-19,23-24H2,1-3H3,(H,46,47)/t25-,33?/m1/s1. The molecule has 3 aliphatic rings. The molecule has 4 aromatic rings. The van der Waals surface area contributed by atoms with Gasteiger partial charge in [-0.3, -0.25) is 9.59 Å². The summed E-state index contributed by atoms with van der Waals surface area (Å²) in [7, 11) is 1.84. The van der Waals surface area contributed by atoms with Gasteiger partial charge in [0.2, 0.25) is 5.91 Å².